The normalized spacial score (nSPS) is 10.5. The number of amides is 1. The topological polar surface area (TPSA) is 54.9 Å². The van der Waals surface area contributed by atoms with Gasteiger partial charge in [0.1, 0.15) is 5.01 Å². The van der Waals surface area contributed by atoms with Gasteiger partial charge in [0.15, 0.2) is 0 Å². The van der Waals surface area contributed by atoms with Gasteiger partial charge in [-0.15, -0.1) is 11.3 Å². The number of nitrogens with zero attached hydrogens (tertiary/aromatic N) is 2. The average molecular weight is 323 g/mol. The summed E-state index contributed by atoms with van der Waals surface area (Å²) in [6.07, 6.45) is 4.08. The number of nitrogens with one attached hydrogen (secondary N) is 1. The first kappa shape index (κ1) is 15.4. The zero-order valence-corrected chi connectivity index (χ0v) is 13.6. The van der Waals surface area contributed by atoms with Crippen molar-refractivity contribution in [3.05, 3.63) is 81.6 Å². The number of hydrogen-bond donors (Lipinski definition) is 1. The Kier molecular flexibility index (Phi) is 4.78. The van der Waals surface area contributed by atoms with E-state index in [4.69, 9.17) is 0 Å². The third-order valence-electron chi connectivity index (χ3n) is 3.47. The Morgan fingerprint density at radius 1 is 1.17 bits per heavy atom. The number of rotatable bonds is 5. The lowest BCUT2D eigenvalue weighted by Gasteiger charge is -2.02. The average Bonchev–Trinajstić information content (AvgIpc) is 2.94. The van der Waals surface area contributed by atoms with Crippen LogP contribution < -0.4 is 5.32 Å². The molecule has 2 heterocycles. The Morgan fingerprint density at radius 3 is 2.74 bits per heavy atom. The van der Waals surface area contributed by atoms with E-state index in [1.807, 2.05) is 25.1 Å². The van der Waals surface area contributed by atoms with Crippen molar-refractivity contribution in [3.8, 4) is 0 Å². The lowest BCUT2D eigenvalue weighted by molar-refractivity contribution is 0.0950. The van der Waals surface area contributed by atoms with Crippen LogP contribution in [0.5, 0.6) is 0 Å². The van der Waals surface area contributed by atoms with Crippen molar-refractivity contribution in [1.29, 1.82) is 0 Å². The molecule has 0 spiro atoms. The summed E-state index contributed by atoms with van der Waals surface area (Å²) < 4.78 is 0. The number of aromatic nitrogens is 2. The van der Waals surface area contributed by atoms with Crippen molar-refractivity contribution in [3.63, 3.8) is 0 Å². The van der Waals surface area contributed by atoms with E-state index < -0.39 is 0 Å². The molecule has 0 saturated carbocycles. The third-order valence-corrected chi connectivity index (χ3v) is 4.63. The molecule has 0 aliphatic heterocycles. The van der Waals surface area contributed by atoms with Crippen LogP contribution in [-0.4, -0.2) is 15.9 Å². The van der Waals surface area contributed by atoms with Crippen LogP contribution in [0.2, 0.25) is 0 Å². The highest BCUT2D eigenvalue weighted by molar-refractivity contribution is 7.11. The Bertz CT molecular complexity index is 785. The summed E-state index contributed by atoms with van der Waals surface area (Å²) in [6, 6.07) is 13.8. The van der Waals surface area contributed by atoms with Gasteiger partial charge < -0.3 is 5.32 Å². The van der Waals surface area contributed by atoms with E-state index in [1.54, 1.807) is 35.9 Å². The number of carbonyl (C=O) groups excluding carboxylic acids is 1. The second-order valence-corrected chi connectivity index (χ2v) is 6.37. The second-order valence-electron chi connectivity index (χ2n) is 5.20. The first-order valence-electron chi connectivity index (χ1n) is 7.39. The molecule has 0 atom stereocenters. The molecule has 0 bridgehead atoms. The maximum Gasteiger partial charge on any atom is 0.253 e. The van der Waals surface area contributed by atoms with Crippen molar-refractivity contribution in [2.75, 3.05) is 0 Å². The molecule has 0 aliphatic carbocycles. The minimum atomic E-state index is -0.129. The zero-order chi connectivity index (χ0) is 16.1. The van der Waals surface area contributed by atoms with E-state index in [0.717, 1.165) is 17.1 Å². The maximum atomic E-state index is 12.0. The highest BCUT2D eigenvalue weighted by Gasteiger charge is 2.10. The van der Waals surface area contributed by atoms with Crippen molar-refractivity contribution < 1.29 is 4.79 Å². The van der Waals surface area contributed by atoms with Crippen molar-refractivity contribution in [2.45, 2.75) is 19.9 Å². The van der Waals surface area contributed by atoms with Crippen molar-refractivity contribution in [1.82, 2.24) is 15.3 Å². The number of carbonyl (C=O) groups is 1. The van der Waals surface area contributed by atoms with Gasteiger partial charge in [0.25, 0.3) is 5.91 Å². The fourth-order valence-electron chi connectivity index (χ4n) is 2.26. The molecule has 0 fully saturated rings. The van der Waals surface area contributed by atoms with Crippen LogP contribution in [-0.2, 0) is 13.0 Å². The van der Waals surface area contributed by atoms with E-state index in [9.17, 15) is 4.79 Å². The third kappa shape index (κ3) is 4.02. The lowest BCUT2D eigenvalue weighted by atomic mass is 10.1. The van der Waals surface area contributed by atoms with Gasteiger partial charge in [-0.3, -0.25) is 9.78 Å². The van der Waals surface area contributed by atoms with Crippen LogP contribution >= 0.6 is 11.3 Å². The molecule has 0 aliphatic rings. The molecule has 2 aromatic heterocycles. The summed E-state index contributed by atoms with van der Waals surface area (Å²) in [5.41, 5.74) is 2.86. The minimum absolute atomic E-state index is 0.129. The van der Waals surface area contributed by atoms with Crippen LogP contribution in [0.3, 0.4) is 0 Å². The van der Waals surface area contributed by atoms with E-state index in [-0.39, 0.29) is 5.91 Å². The monoisotopic (exact) mass is 323 g/mol. The van der Waals surface area contributed by atoms with Gasteiger partial charge in [0.05, 0.1) is 17.8 Å². The van der Waals surface area contributed by atoms with E-state index in [0.29, 0.717) is 12.1 Å². The highest BCUT2D eigenvalue weighted by Crippen LogP contribution is 2.21. The number of aryl methyl sites for hydroxylation is 1. The van der Waals surface area contributed by atoms with Gasteiger partial charge >= 0.3 is 0 Å². The molecule has 4 nitrogen and oxygen atoms in total. The molecule has 1 amide bonds. The Balaban J connectivity index is 1.63. The zero-order valence-electron chi connectivity index (χ0n) is 12.8. The van der Waals surface area contributed by atoms with Gasteiger partial charge in [0, 0.05) is 23.7 Å². The largest absolute Gasteiger partial charge is 0.345 e. The van der Waals surface area contributed by atoms with Crippen LogP contribution in [0.1, 0.15) is 31.5 Å². The van der Waals surface area contributed by atoms with Crippen LogP contribution in [0, 0.1) is 6.92 Å². The summed E-state index contributed by atoms with van der Waals surface area (Å²) >= 11 is 1.65. The SMILES string of the molecule is Cc1nc(CNC(=O)c2cccnc2)sc1Cc1ccccc1. The molecule has 116 valence electrons. The number of pyridine rings is 1. The lowest BCUT2D eigenvalue weighted by Crippen LogP contribution is -2.22. The highest BCUT2D eigenvalue weighted by atomic mass is 32.1. The fourth-order valence-corrected chi connectivity index (χ4v) is 3.31. The first-order valence-corrected chi connectivity index (χ1v) is 8.21. The minimum Gasteiger partial charge on any atom is -0.345 e. The molecule has 1 aromatic carbocycles. The van der Waals surface area contributed by atoms with Crippen molar-refractivity contribution in [2.24, 2.45) is 0 Å². The van der Waals surface area contributed by atoms with Crippen LogP contribution in [0.15, 0.2) is 54.9 Å². The van der Waals surface area contributed by atoms with Gasteiger partial charge in [-0.25, -0.2) is 4.98 Å². The summed E-state index contributed by atoms with van der Waals surface area (Å²) in [4.78, 5) is 21.8. The summed E-state index contributed by atoms with van der Waals surface area (Å²) in [7, 11) is 0. The van der Waals surface area contributed by atoms with Gasteiger partial charge in [-0.2, -0.15) is 0 Å². The predicted molar refractivity (Wildman–Crippen MR) is 91.5 cm³/mol. The number of hydrogen-bond acceptors (Lipinski definition) is 4. The van der Waals surface area contributed by atoms with Crippen molar-refractivity contribution >= 4 is 17.2 Å². The quantitative estimate of drug-likeness (QED) is 0.783. The van der Waals surface area contributed by atoms with E-state index in [1.165, 1.54) is 10.4 Å². The van der Waals surface area contributed by atoms with Crippen LogP contribution in [0.4, 0.5) is 0 Å². The van der Waals surface area contributed by atoms with Gasteiger partial charge in [-0.1, -0.05) is 30.3 Å². The number of benzene rings is 1. The summed E-state index contributed by atoms with van der Waals surface area (Å²) in [5, 5.41) is 3.81. The molecule has 0 radical (unpaired) electrons. The molecule has 3 rings (SSSR count). The number of thiazole rings is 1. The van der Waals surface area contributed by atoms with Gasteiger partial charge in [0.2, 0.25) is 0 Å². The molecule has 0 saturated heterocycles. The summed E-state index contributed by atoms with van der Waals surface area (Å²) in [6.45, 7) is 2.45. The standard InChI is InChI=1S/C18H17N3OS/c1-13-16(10-14-6-3-2-4-7-14)23-17(21-13)12-20-18(22)15-8-5-9-19-11-15/h2-9,11H,10,12H2,1H3,(H,20,22). The Labute approximate surface area is 139 Å². The maximum absolute atomic E-state index is 12.0. The van der Waals surface area contributed by atoms with Crippen LogP contribution in [0.25, 0.3) is 0 Å². The molecule has 3 aromatic rings. The molecule has 1 N–H and O–H groups in total. The van der Waals surface area contributed by atoms with E-state index >= 15 is 0 Å². The second kappa shape index (κ2) is 7.15. The van der Waals surface area contributed by atoms with E-state index in [2.05, 4.69) is 27.4 Å². The van der Waals surface area contributed by atoms with Gasteiger partial charge in [-0.05, 0) is 24.6 Å². The molecular weight excluding hydrogens is 306 g/mol. The molecule has 23 heavy (non-hydrogen) atoms. The smallest absolute Gasteiger partial charge is 0.253 e. The Morgan fingerprint density at radius 2 is 2.00 bits per heavy atom. The fraction of sp³-hybridized carbons (Fsp3) is 0.167. The predicted octanol–water partition coefficient (Wildman–Crippen LogP) is 3.37. The molecule has 0 unspecified atom stereocenters. The molecule has 5 heteroatoms. The summed E-state index contributed by atoms with van der Waals surface area (Å²) in [5.74, 6) is -0.129. The Hall–Kier alpha value is -2.53. The molecular formula is C18H17N3OS. The first-order chi connectivity index (χ1) is 11.2.